The summed E-state index contributed by atoms with van der Waals surface area (Å²) in [5.74, 6) is -0.102. The molecule has 2 aromatic heterocycles. The fourth-order valence-corrected chi connectivity index (χ4v) is 4.46. The Labute approximate surface area is 160 Å². The van der Waals surface area contributed by atoms with Crippen molar-refractivity contribution >= 4 is 44.2 Å². The van der Waals surface area contributed by atoms with Gasteiger partial charge in [0.2, 0.25) is 0 Å². The molecule has 1 amide bonds. The number of fused-ring (bicyclic) bond motifs is 1. The molecule has 26 heavy (non-hydrogen) atoms. The van der Waals surface area contributed by atoms with Gasteiger partial charge in [0.25, 0.3) is 5.91 Å². The Morgan fingerprint density at radius 1 is 1.31 bits per heavy atom. The minimum atomic E-state index is -0.102. The summed E-state index contributed by atoms with van der Waals surface area (Å²) < 4.78 is 2.80. The summed E-state index contributed by atoms with van der Waals surface area (Å²) >= 11 is 7.90. The highest BCUT2D eigenvalue weighted by Gasteiger charge is 2.24. The lowest BCUT2D eigenvalue weighted by atomic mass is 10.1. The number of anilines is 1. The molecule has 6 nitrogen and oxygen atoms in total. The average Bonchev–Trinajstić information content (AvgIpc) is 3.26. The van der Waals surface area contributed by atoms with E-state index in [2.05, 4.69) is 15.3 Å². The van der Waals surface area contributed by atoms with Crippen LogP contribution in [0.15, 0.2) is 24.4 Å². The monoisotopic (exact) mass is 389 g/mol. The minimum absolute atomic E-state index is 0.102. The Hall–Kier alpha value is -2.12. The van der Waals surface area contributed by atoms with Crippen LogP contribution in [-0.2, 0) is 7.05 Å². The molecule has 1 N–H and O–H groups in total. The molecule has 0 aliphatic carbocycles. The summed E-state index contributed by atoms with van der Waals surface area (Å²) in [7, 11) is 1.81. The van der Waals surface area contributed by atoms with Gasteiger partial charge in [0.15, 0.2) is 5.13 Å². The van der Waals surface area contributed by atoms with Gasteiger partial charge >= 0.3 is 0 Å². The predicted molar refractivity (Wildman–Crippen MR) is 105 cm³/mol. The Morgan fingerprint density at radius 3 is 2.77 bits per heavy atom. The molecule has 4 rings (SSSR count). The Bertz CT molecular complexity index is 958. The number of amides is 1. The maximum atomic E-state index is 12.2. The van der Waals surface area contributed by atoms with Crippen LogP contribution in [0.5, 0.6) is 0 Å². The lowest BCUT2D eigenvalue weighted by molar-refractivity contribution is 0.0925. The number of rotatable bonds is 3. The third-order valence-electron chi connectivity index (χ3n) is 4.78. The lowest BCUT2D eigenvalue weighted by Gasteiger charge is -2.32. The molecule has 136 valence electrons. The van der Waals surface area contributed by atoms with Crippen LogP contribution >= 0.6 is 22.9 Å². The van der Waals surface area contributed by atoms with Gasteiger partial charge in [-0.3, -0.25) is 9.48 Å². The van der Waals surface area contributed by atoms with Crippen molar-refractivity contribution in [2.24, 2.45) is 7.05 Å². The highest BCUT2D eigenvalue weighted by Crippen LogP contribution is 2.34. The van der Waals surface area contributed by atoms with Crippen molar-refractivity contribution in [1.29, 1.82) is 0 Å². The average molecular weight is 390 g/mol. The molecule has 1 aliphatic heterocycles. The van der Waals surface area contributed by atoms with Gasteiger partial charge in [0.05, 0.1) is 10.2 Å². The summed E-state index contributed by atoms with van der Waals surface area (Å²) in [5, 5.41) is 9.02. The number of thiazole rings is 1. The van der Waals surface area contributed by atoms with Gasteiger partial charge in [-0.2, -0.15) is 5.10 Å². The number of nitrogens with one attached hydrogen (secondary N) is 1. The molecular weight excluding hydrogens is 370 g/mol. The second kappa shape index (κ2) is 6.89. The number of nitrogens with zero attached hydrogens (tertiary/aromatic N) is 4. The topological polar surface area (TPSA) is 63.1 Å². The first-order valence-corrected chi connectivity index (χ1v) is 9.82. The van der Waals surface area contributed by atoms with Gasteiger partial charge in [-0.1, -0.05) is 22.9 Å². The SMILES string of the molecule is Cc1c(Cl)ccc2sc(N3CCC(NC(=O)c4ccn(C)n4)CC3)nc12. The van der Waals surface area contributed by atoms with E-state index in [1.807, 2.05) is 26.1 Å². The third kappa shape index (κ3) is 3.29. The fourth-order valence-electron chi connectivity index (χ4n) is 3.23. The van der Waals surface area contributed by atoms with E-state index in [9.17, 15) is 4.79 Å². The summed E-state index contributed by atoms with van der Waals surface area (Å²) in [6.07, 6.45) is 3.57. The smallest absolute Gasteiger partial charge is 0.271 e. The van der Waals surface area contributed by atoms with Crippen molar-refractivity contribution in [3.8, 4) is 0 Å². The van der Waals surface area contributed by atoms with Gasteiger partial charge in [-0.05, 0) is 43.5 Å². The molecule has 0 spiro atoms. The molecule has 1 saturated heterocycles. The number of carbonyl (C=O) groups is 1. The second-order valence-corrected chi connectivity index (χ2v) is 8.04. The van der Waals surface area contributed by atoms with E-state index < -0.39 is 0 Å². The van der Waals surface area contributed by atoms with Crippen molar-refractivity contribution in [1.82, 2.24) is 20.1 Å². The third-order valence-corrected chi connectivity index (χ3v) is 6.27. The second-order valence-electron chi connectivity index (χ2n) is 6.62. The first-order valence-electron chi connectivity index (χ1n) is 8.62. The van der Waals surface area contributed by atoms with E-state index in [1.54, 1.807) is 28.3 Å². The van der Waals surface area contributed by atoms with Gasteiger partial charge in [0.1, 0.15) is 5.69 Å². The molecule has 0 atom stereocenters. The number of benzene rings is 1. The zero-order chi connectivity index (χ0) is 18.3. The first-order chi connectivity index (χ1) is 12.5. The fraction of sp³-hybridized carbons (Fsp3) is 0.389. The molecule has 1 fully saturated rings. The van der Waals surface area contributed by atoms with E-state index in [4.69, 9.17) is 16.6 Å². The van der Waals surface area contributed by atoms with Crippen LogP contribution in [0.3, 0.4) is 0 Å². The van der Waals surface area contributed by atoms with E-state index >= 15 is 0 Å². The van der Waals surface area contributed by atoms with Crippen LogP contribution in [0.2, 0.25) is 5.02 Å². The van der Waals surface area contributed by atoms with E-state index in [0.29, 0.717) is 5.69 Å². The molecule has 1 aliphatic rings. The lowest BCUT2D eigenvalue weighted by Crippen LogP contribution is -2.44. The van der Waals surface area contributed by atoms with Gasteiger partial charge in [-0.25, -0.2) is 4.98 Å². The van der Waals surface area contributed by atoms with Gasteiger partial charge < -0.3 is 10.2 Å². The Kier molecular flexibility index (Phi) is 4.58. The Balaban J connectivity index is 1.40. The zero-order valence-corrected chi connectivity index (χ0v) is 16.3. The molecular formula is C18H20ClN5OS. The van der Waals surface area contributed by atoms with Crippen molar-refractivity contribution < 1.29 is 4.79 Å². The maximum absolute atomic E-state index is 12.2. The maximum Gasteiger partial charge on any atom is 0.271 e. The Morgan fingerprint density at radius 2 is 2.08 bits per heavy atom. The predicted octanol–water partition coefficient (Wildman–Crippen LogP) is 3.39. The summed E-state index contributed by atoms with van der Waals surface area (Å²) in [4.78, 5) is 19.3. The standard InChI is InChI=1S/C18H20ClN5OS/c1-11-13(19)3-4-15-16(11)21-18(26-15)24-9-5-12(6-10-24)20-17(25)14-7-8-23(2)22-14/h3-4,7-8,12H,5-6,9-10H2,1-2H3,(H,20,25). The van der Waals surface area contributed by atoms with Crippen LogP contribution in [-0.4, -0.2) is 39.8 Å². The van der Waals surface area contributed by atoms with E-state index in [1.165, 1.54) is 0 Å². The molecule has 0 bridgehead atoms. The highest BCUT2D eigenvalue weighted by molar-refractivity contribution is 7.22. The molecule has 1 aromatic carbocycles. The van der Waals surface area contributed by atoms with E-state index in [0.717, 1.165) is 51.9 Å². The molecule has 3 heterocycles. The largest absolute Gasteiger partial charge is 0.348 e. The quantitative estimate of drug-likeness (QED) is 0.745. The number of aromatic nitrogens is 3. The van der Waals surface area contributed by atoms with Crippen LogP contribution in [0.4, 0.5) is 5.13 Å². The van der Waals surface area contributed by atoms with Crippen molar-refractivity contribution in [2.75, 3.05) is 18.0 Å². The van der Waals surface area contributed by atoms with Crippen LogP contribution in [0, 0.1) is 6.92 Å². The van der Waals surface area contributed by atoms with Crippen LogP contribution in [0.25, 0.3) is 10.2 Å². The number of hydrogen-bond donors (Lipinski definition) is 1. The molecule has 0 radical (unpaired) electrons. The number of hydrogen-bond acceptors (Lipinski definition) is 5. The molecule has 8 heteroatoms. The number of carbonyl (C=O) groups excluding carboxylic acids is 1. The summed E-state index contributed by atoms with van der Waals surface area (Å²) in [6.45, 7) is 3.76. The highest BCUT2D eigenvalue weighted by atomic mass is 35.5. The van der Waals surface area contributed by atoms with Crippen molar-refractivity contribution in [3.05, 3.63) is 40.7 Å². The summed E-state index contributed by atoms with van der Waals surface area (Å²) in [5.41, 5.74) is 2.49. The number of aryl methyl sites for hydroxylation is 2. The van der Waals surface area contributed by atoms with Crippen molar-refractivity contribution in [3.63, 3.8) is 0 Å². The molecule has 0 saturated carbocycles. The molecule has 3 aromatic rings. The van der Waals surface area contributed by atoms with Crippen molar-refractivity contribution in [2.45, 2.75) is 25.8 Å². The first kappa shape index (κ1) is 17.3. The van der Waals surface area contributed by atoms with Gasteiger partial charge in [0, 0.05) is 37.4 Å². The van der Waals surface area contributed by atoms with Gasteiger partial charge in [-0.15, -0.1) is 0 Å². The minimum Gasteiger partial charge on any atom is -0.348 e. The normalized spacial score (nSPS) is 15.6. The number of halogens is 1. The summed E-state index contributed by atoms with van der Waals surface area (Å²) in [6, 6.07) is 5.87. The molecule has 0 unspecified atom stereocenters. The van der Waals surface area contributed by atoms with E-state index in [-0.39, 0.29) is 11.9 Å². The van der Waals surface area contributed by atoms with Crippen LogP contribution < -0.4 is 10.2 Å². The van der Waals surface area contributed by atoms with Crippen LogP contribution in [0.1, 0.15) is 28.9 Å². The zero-order valence-electron chi connectivity index (χ0n) is 14.7. The number of piperidine rings is 1.